The number of hydrogen-bond acceptors (Lipinski definition) is 8. The highest BCUT2D eigenvalue weighted by atomic mass is 32.2. The first-order valence-electron chi connectivity index (χ1n) is 17.7. The number of benzene rings is 3. The minimum Gasteiger partial charge on any atom is -0.475 e. The number of aromatic nitrogens is 1. The number of amides is 3. The molecule has 3 amide bonds. The van der Waals surface area contributed by atoms with E-state index in [0.717, 1.165) is 31.0 Å². The van der Waals surface area contributed by atoms with E-state index in [-0.39, 0.29) is 34.6 Å². The number of likely N-dealkylation sites (N-methyl/N-ethyl adjacent to an activating group) is 1. The smallest absolute Gasteiger partial charge is 0.475 e. The Bertz CT molecular complexity index is 2230. The van der Waals surface area contributed by atoms with Crippen molar-refractivity contribution in [2.45, 2.75) is 67.4 Å². The molecule has 2 aliphatic carbocycles. The monoisotopic (exact) mass is 784 g/mol. The van der Waals surface area contributed by atoms with Crippen LogP contribution in [0.1, 0.15) is 54.8 Å². The molecule has 12 nitrogen and oxygen atoms in total. The van der Waals surface area contributed by atoms with Gasteiger partial charge in [0.2, 0.25) is 5.91 Å². The van der Waals surface area contributed by atoms with Crippen LogP contribution < -0.4 is 16.4 Å². The average Bonchev–Trinajstić information content (AvgIpc) is 3.98. The van der Waals surface area contributed by atoms with Gasteiger partial charge in [-0.15, -0.1) is 0 Å². The van der Waals surface area contributed by atoms with Crippen molar-refractivity contribution >= 4 is 55.7 Å². The molecule has 2 fully saturated rings. The minimum atomic E-state index is -5.08. The van der Waals surface area contributed by atoms with Crippen molar-refractivity contribution in [3.05, 3.63) is 89.4 Å². The van der Waals surface area contributed by atoms with Gasteiger partial charge in [-0.25, -0.2) is 27.4 Å². The molecule has 0 spiro atoms. The van der Waals surface area contributed by atoms with Gasteiger partial charge in [-0.3, -0.25) is 4.79 Å². The number of alkyl halides is 3. The van der Waals surface area contributed by atoms with Crippen molar-refractivity contribution in [1.29, 1.82) is 0 Å². The van der Waals surface area contributed by atoms with Crippen LogP contribution in [-0.2, 0) is 32.4 Å². The van der Waals surface area contributed by atoms with E-state index in [2.05, 4.69) is 15.6 Å². The van der Waals surface area contributed by atoms with Crippen LogP contribution in [0, 0.1) is 11.7 Å². The van der Waals surface area contributed by atoms with Gasteiger partial charge in [-0.05, 0) is 91.1 Å². The van der Waals surface area contributed by atoms with Gasteiger partial charge in [0.25, 0.3) is 0 Å². The number of aliphatic carboxylic acids is 1. The van der Waals surface area contributed by atoms with Gasteiger partial charge in [0.1, 0.15) is 17.7 Å². The second kappa shape index (κ2) is 15.7. The summed E-state index contributed by atoms with van der Waals surface area (Å²) in [5, 5.41) is 13.7. The largest absolute Gasteiger partial charge is 0.490 e. The van der Waals surface area contributed by atoms with Crippen LogP contribution in [0.3, 0.4) is 0 Å². The number of carbonyl (C=O) groups excluding carboxylic acids is 2. The number of anilines is 3. The summed E-state index contributed by atoms with van der Waals surface area (Å²) < 4.78 is 73.6. The Balaban J connectivity index is 0.000000672. The van der Waals surface area contributed by atoms with E-state index in [4.69, 9.17) is 15.6 Å². The van der Waals surface area contributed by atoms with E-state index in [1.807, 2.05) is 29.2 Å². The molecule has 5 N–H and O–H groups in total. The molecule has 292 valence electrons. The Hall–Kier alpha value is -5.45. The number of nitrogens with two attached hydrogens (primary N) is 1. The standard InChI is InChI=1S/C36H39FN6O4S.C2HF3O2/c1-42-21-25-17-26(9-13-32(25)48(46,47)28-10-11-28)41-36(45)43(20-23-5-2-6-23)15-14-22-4-3-7-24(16-22)33(35(42)44)40-27-8-12-29-30(18-27)31(37)19-39-34(29)38;3-2(4,5)1(6)7/h3-4,7-9,12-13,16-19,23,28,33,40H,2,5-6,10-11,14-15,20-21H2,1H3,(H2,38,39)(H,41,45);(H,6,7). The molecule has 1 atom stereocenters. The van der Waals surface area contributed by atoms with Crippen LogP contribution in [0.5, 0.6) is 0 Å². The Kier molecular flexibility index (Phi) is 11.2. The molecule has 17 heteroatoms. The molecule has 4 bridgehead atoms. The third-order valence-electron chi connectivity index (χ3n) is 9.98. The fourth-order valence-corrected chi connectivity index (χ4v) is 8.46. The van der Waals surface area contributed by atoms with Gasteiger partial charge in [-0.1, -0.05) is 30.7 Å². The van der Waals surface area contributed by atoms with E-state index < -0.39 is 39.1 Å². The number of pyridine rings is 1. The Morgan fingerprint density at radius 3 is 2.42 bits per heavy atom. The highest BCUT2D eigenvalue weighted by Crippen LogP contribution is 2.37. The predicted molar refractivity (Wildman–Crippen MR) is 197 cm³/mol. The molecule has 1 aromatic heterocycles. The molecule has 2 heterocycles. The summed E-state index contributed by atoms with van der Waals surface area (Å²) in [5.74, 6) is -2.95. The summed E-state index contributed by atoms with van der Waals surface area (Å²) in [4.78, 5) is 44.3. The van der Waals surface area contributed by atoms with Crippen molar-refractivity contribution in [3.63, 3.8) is 0 Å². The highest BCUT2D eigenvalue weighted by molar-refractivity contribution is 7.92. The predicted octanol–water partition coefficient (Wildman–Crippen LogP) is 6.53. The number of sulfone groups is 1. The fourth-order valence-electron chi connectivity index (χ4n) is 6.60. The van der Waals surface area contributed by atoms with Gasteiger partial charge in [0, 0.05) is 48.8 Å². The first-order chi connectivity index (χ1) is 26.0. The van der Waals surface area contributed by atoms with Gasteiger partial charge >= 0.3 is 18.2 Å². The van der Waals surface area contributed by atoms with E-state index in [0.29, 0.717) is 66.2 Å². The molecule has 0 saturated heterocycles. The number of carboxylic acid groups (broad SMARTS) is 1. The van der Waals surface area contributed by atoms with Crippen LogP contribution in [0.2, 0.25) is 0 Å². The molecule has 3 aromatic carbocycles. The van der Waals surface area contributed by atoms with E-state index in [1.165, 1.54) is 4.90 Å². The van der Waals surface area contributed by atoms with Crippen molar-refractivity contribution in [3.8, 4) is 0 Å². The normalized spacial score (nSPS) is 18.3. The van der Waals surface area contributed by atoms with E-state index >= 15 is 0 Å². The van der Waals surface area contributed by atoms with Gasteiger partial charge in [0.05, 0.1) is 16.3 Å². The number of fused-ring (bicyclic) bond motifs is 5. The lowest BCUT2D eigenvalue weighted by molar-refractivity contribution is -0.192. The lowest BCUT2D eigenvalue weighted by Gasteiger charge is -2.32. The number of urea groups is 1. The van der Waals surface area contributed by atoms with Crippen LogP contribution in [0.4, 0.5) is 39.5 Å². The second-order valence-electron chi connectivity index (χ2n) is 14.1. The summed E-state index contributed by atoms with van der Waals surface area (Å²) in [6.07, 6.45) is 1.09. The molecule has 0 radical (unpaired) electrons. The van der Waals surface area contributed by atoms with Crippen LogP contribution in [0.15, 0.2) is 71.8 Å². The Morgan fingerprint density at radius 2 is 1.76 bits per heavy atom. The van der Waals surface area contributed by atoms with Crippen LogP contribution >= 0.6 is 0 Å². The first kappa shape index (κ1) is 39.2. The molecule has 1 unspecified atom stereocenters. The Labute approximate surface area is 314 Å². The van der Waals surface area contributed by atoms with Crippen LogP contribution in [0.25, 0.3) is 10.8 Å². The number of halogens is 4. The number of nitrogen functional groups attached to an aromatic ring is 1. The zero-order valence-corrected chi connectivity index (χ0v) is 30.6. The number of nitrogens with zero attached hydrogens (tertiary/aromatic N) is 3. The maximum absolute atomic E-state index is 14.8. The lowest BCUT2D eigenvalue weighted by Crippen LogP contribution is -2.41. The van der Waals surface area contributed by atoms with E-state index in [9.17, 15) is 35.6 Å². The molecular weight excluding hydrogens is 745 g/mol. The average molecular weight is 785 g/mol. The molecule has 1 aliphatic heterocycles. The maximum atomic E-state index is 14.8. The Morgan fingerprint density at radius 1 is 1.04 bits per heavy atom. The lowest BCUT2D eigenvalue weighted by atomic mass is 9.85. The van der Waals surface area contributed by atoms with Gasteiger partial charge in [0.15, 0.2) is 9.84 Å². The van der Waals surface area contributed by atoms with Crippen molar-refractivity contribution < 1.29 is 45.5 Å². The summed E-state index contributed by atoms with van der Waals surface area (Å²) in [7, 11) is -1.98. The van der Waals surface area contributed by atoms with Crippen molar-refractivity contribution in [2.24, 2.45) is 5.92 Å². The van der Waals surface area contributed by atoms with Gasteiger partial charge in [-0.2, -0.15) is 13.2 Å². The topological polar surface area (TPSA) is 175 Å². The van der Waals surface area contributed by atoms with Gasteiger partial charge < -0.3 is 31.3 Å². The molecule has 7 rings (SSSR count). The summed E-state index contributed by atoms with van der Waals surface area (Å²) >= 11 is 0. The summed E-state index contributed by atoms with van der Waals surface area (Å²) in [5.41, 5.74) is 9.04. The third kappa shape index (κ3) is 9.10. The number of rotatable bonds is 6. The minimum absolute atomic E-state index is 0.0119. The molecule has 2 saturated carbocycles. The molecule has 55 heavy (non-hydrogen) atoms. The molecule has 3 aliphatic rings. The molecular formula is C38H40F4N6O6S. The fraction of sp³-hybridized carbons (Fsp3) is 0.368. The number of nitrogens with one attached hydrogen (secondary N) is 2. The number of hydrogen-bond donors (Lipinski definition) is 4. The third-order valence-corrected chi connectivity index (χ3v) is 12.3. The quantitative estimate of drug-likeness (QED) is 0.159. The number of carboxylic acids is 1. The van der Waals surface area contributed by atoms with Crippen LogP contribution in [-0.4, -0.2) is 77.8 Å². The SMILES string of the molecule is CN1Cc2cc(ccc2S(=O)(=O)C2CC2)NC(=O)N(CC2CCC2)CCc2cccc(c2)C(Nc2ccc3c(N)ncc(F)c3c2)C1=O.O=C(O)C(F)(F)F. The van der Waals surface area contributed by atoms with Crippen molar-refractivity contribution in [2.75, 3.05) is 36.5 Å². The summed E-state index contributed by atoms with van der Waals surface area (Å²) in [6.45, 7) is 1.09. The highest BCUT2D eigenvalue weighted by Gasteiger charge is 2.39. The zero-order valence-electron chi connectivity index (χ0n) is 29.8. The van der Waals surface area contributed by atoms with E-state index in [1.54, 1.807) is 43.4 Å². The maximum Gasteiger partial charge on any atom is 0.490 e. The first-order valence-corrected chi connectivity index (χ1v) is 19.2. The van der Waals surface area contributed by atoms with Crippen molar-refractivity contribution in [1.82, 2.24) is 14.8 Å². The second-order valence-corrected chi connectivity index (χ2v) is 16.3. The zero-order chi connectivity index (χ0) is 39.7. The molecule has 4 aromatic rings. The summed E-state index contributed by atoms with van der Waals surface area (Å²) in [6, 6.07) is 16.4. The number of carbonyl (C=O) groups is 3.